The zero-order valence-electron chi connectivity index (χ0n) is 8.69. The number of likely N-dealkylation sites (N-methyl/N-ethyl adjacent to an activating group) is 1. The summed E-state index contributed by atoms with van der Waals surface area (Å²) in [6.45, 7) is 5.14. The maximum absolute atomic E-state index is 11.7. The number of urea groups is 1. The van der Waals surface area contributed by atoms with Crippen LogP contribution < -0.4 is 5.73 Å². The highest BCUT2D eigenvalue weighted by atomic mass is 16.2. The van der Waals surface area contributed by atoms with Crippen LogP contribution in [0.15, 0.2) is 0 Å². The van der Waals surface area contributed by atoms with Gasteiger partial charge in [0.15, 0.2) is 0 Å². The van der Waals surface area contributed by atoms with Crippen molar-refractivity contribution in [3.63, 3.8) is 0 Å². The van der Waals surface area contributed by atoms with Gasteiger partial charge in [0.1, 0.15) is 6.04 Å². The van der Waals surface area contributed by atoms with Gasteiger partial charge in [0.05, 0.1) is 0 Å². The minimum atomic E-state index is -0.315. The molecule has 0 aromatic rings. The minimum Gasteiger partial charge on any atom is -0.330 e. The van der Waals surface area contributed by atoms with Crippen molar-refractivity contribution in [3.8, 4) is 0 Å². The number of nitrogens with two attached hydrogens (primary N) is 1. The number of carbonyl (C=O) groups excluding carboxylic acids is 2. The number of rotatable bonds is 4. The molecule has 80 valence electrons. The highest BCUT2D eigenvalue weighted by Crippen LogP contribution is 2.16. The second kappa shape index (κ2) is 4.41. The second-order valence-electron chi connectivity index (χ2n) is 3.38. The molecule has 1 rings (SSSR count). The van der Waals surface area contributed by atoms with E-state index in [9.17, 15) is 9.59 Å². The molecule has 0 aromatic carbocycles. The molecule has 1 aliphatic rings. The van der Waals surface area contributed by atoms with E-state index in [0.29, 0.717) is 26.1 Å². The lowest BCUT2D eigenvalue weighted by Gasteiger charge is -2.16. The molecular formula is C9H17N3O2. The van der Waals surface area contributed by atoms with Crippen LogP contribution in [0.2, 0.25) is 0 Å². The standard InChI is InChI=1S/C9H17N3O2/c1-3-11-7(2)8(13)12(9(11)14)6-4-5-10/h7H,3-6,10H2,1-2H3. The normalized spacial score (nSPS) is 22.4. The topological polar surface area (TPSA) is 66.6 Å². The first-order valence-corrected chi connectivity index (χ1v) is 4.95. The number of amides is 3. The summed E-state index contributed by atoms with van der Waals surface area (Å²) in [6.07, 6.45) is 0.668. The molecule has 5 heteroatoms. The largest absolute Gasteiger partial charge is 0.330 e. The van der Waals surface area contributed by atoms with E-state index in [4.69, 9.17) is 5.73 Å². The highest BCUT2D eigenvalue weighted by Gasteiger charge is 2.40. The summed E-state index contributed by atoms with van der Waals surface area (Å²) in [7, 11) is 0. The number of imide groups is 1. The lowest BCUT2D eigenvalue weighted by molar-refractivity contribution is -0.127. The summed E-state index contributed by atoms with van der Waals surface area (Å²) in [6, 6.07) is -0.497. The quantitative estimate of drug-likeness (QED) is 0.648. The summed E-state index contributed by atoms with van der Waals surface area (Å²) in [4.78, 5) is 26.1. The molecule has 1 unspecified atom stereocenters. The van der Waals surface area contributed by atoms with E-state index in [1.807, 2.05) is 6.92 Å². The first-order valence-electron chi connectivity index (χ1n) is 4.95. The van der Waals surface area contributed by atoms with E-state index >= 15 is 0 Å². The molecular weight excluding hydrogens is 182 g/mol. The van der Waals surface area contributed by atoms with Crippen LogP contribution in [-0.4, -0.2) is 47.4 Å². The average molecular weight is 199 g/mol. The third kappa shape index (κ3) is 1.72. The molecule has 3 amide bonds. The van der Waals surface area contributed by atoms with Crippen LogP contribution in [0, 0.1) is 0 Å². The van der Waals surface area contributed by atoms with E-state index in [1.165, 1.54) is 4.90 Å². The Morgan fingerprint density at radius 1 is 1.43 bits per heavy atom. The van der Waals surface area contributed by atoms with Gasteiger partial charge in [-0.25, -0.2) is 4.79 Å². The summed E-state index contributed by atoms with van der Waals surface area (Å²) in [5.41, 5.74) is 5.34. The molecule has 5 nitrogen and oxygen atoms in total. The molecule has 0 bridgehead atoms. The maximum Gasteiger partial charge on any atom is 0.327 e. The van der Waals surface area contributed by atoms with Crippen LogP contribution in [0.4, 0.5) is 4.79 Å². The van der Waals surface area contributed by atoms with Crippen molar-refractivity contribution >= 4 is 11.9 Å². The van der Waals surface area contributed by atoms with E-state index in [-0.39, 0.29) is 18.0 Å². The van der Waals surface area contributed by atoms with Crippen molar-refractivity contribution in [2.75, 3.05) is 19.6 Å². The third-order valence-electron chi connectivity index (χ3n) is 2.49. The molecule has 14 heavy (non-hydrogen) atoms. The van der Waals surface area contributed by atoms with Gasteiger partial charge in [-0.15, -0.1) is 0 Å². The van der Waals surface area contributed by atoms with Gasteiger partial charge in [-0.1, -0.05) is 0 Å². The van der Waals surface area contributed by atoms with E-state index in [0.717, 1.165) is 0 Å². The number of hydrogen-bond donors (Lipinski definition) is 1. The van der Waals surface area contributed by atoms with Gasteiger partial charge in [-0.2, -0.15) is 0 Å². The first-order chi connectivity index (χ1) is 6.63. The van der Waals surface area contributed by atoms with Crippen molar-refractivity contribution in [2.45, 2.75) is 26.3 Å². The van der Waals surface area contributed by atoms with Crippen molar-refractivity contribution < 1.29 is 9.59 Å². The minimum absolute atomic E-state index is 0.106. The summed E-state index contributed by atoms with van der Waals surface area (Å²) in [5.74, 6) is -0.106. The van der Waals surface area contributed by atoms with Crippen molar-refractivity contribution in [1.29, 1.82) is 0 Å². The molecule has 1 atom stereocenters. The van der Waals surface area contributed by atoms with Crippen LogP contribution in [-0.2, 0) is 4.79 Å². The van der Waals surface area contributed by atoms with Gasteiger partial charge in [-0.3, -0.25) is 9.69 Å². The number of carbonyl (C=O) groups is 2. The van der Waals surface area contributed by atoms with Crippen molar-refractivity contribution in [2.24, 2.45) is 5.73 Å². The molecule has 0 saturated carbocycles. The molecule has 0 aromatic heterocycles. The Balaban J connectivity index is 2.68. The first kappa shape index (κ1) is 11.0. The predicted molar refractivity (Wildman–Crippen MR) is 52.6 cm³/mol. The fraction of sp³-hybridized carbons (Fsp3) is 0.778. The zero-order chi connectivity index (χ0) is 10.7. The van der Waals surface area contributed by atoms with Crippen LogP contribution in [0.3, 0.4) is 0 Å². The monoisotopic (exact) mass is 199 g/mol. The molecule has 1 aliphatic heterocycles. The molecule has 1 heterocycles. The van der Waals surface area contributed by atoms with E-state index < -0.39 is 0 Å². The fourth-order valence-corrected chi connectivity index (χ4v) is 1.64. The number of nitrogens with zero attached hydrogens (tertiary/aromatic N) is 2. The Labute approximate surface area is 83.8 Å². The number of hydrogen-bond acceptors (Lipinski definition) is 3. The Bertz CT molecular complexity index is 242. The SMILES string of the molecule is CCN1C(=O)N(CCCN)C(=O)C1C. The summed E-state index contributed by atoms with van der Waals surface area (Å²) < 4.78 is 0. The molecule has 0 aliphatic carbocycles. The Kier molecular flexibility index (Phi) is 3.46. The summed E-state index contributed by atoms with van der Waals surface area (Å²) >= 11 is 0. The van der Waals surface area contributed by atoms with Gasteiger partial charge in [0.25, 0.3) is 5.91 Å². The van der Waals surface area contributed by atoms with Crippen LogP contribution >= 0.6 is 0 Å². The van der Waals surface area contributed by atoms with Crippen LogP contribution in [0.1, 0.15) is 20.3 Å². The van der Waals surface area contributed by atoms with Gasteiger partial charge < -0.3 is 10.6 Å². The predicted octanol–water partition coefficient (Wildman–Crippen LogP) is 0.00780. The van der Waals surface area contributed by atoms with Gasteiger partial charge >= 0.3 is 6.03 Å². The molecule has 1 fully saturated rings. The van der Waals surface area contributed by atoms with Gasteiger partial charge in [0.2, 0.25) is 0 Å². The van der Waals surface area contributed by atoms with Gasteiger partial charge in [0, 0.05) is 13.1 Å². The van der Waals surface area contributed by atoms with E-state index in [2.05, 4.69) is 0 Å². The highest BCUT2D eigenvalue weighted by molar-refractivity contribution is 6.03. The lowest BCUT2D eigenvalue weighted by Crippen LogP contribution is -2.34. The summed E-state index contributed by atoms with van der Waals surface area (Å²) in [5, 5.41) is 0. The zero-order valence-corrected chi connectivity index (χ0v) is 8.69. The molecule has 2 N–H and O–H groups in total. The van der Waals surface area contributed by atoms with Crippen molar-refractivity contribution in [3.05, 3.63) is 0 Å². The maximum atomic E-state index is 11.7. The third-order valence-corrected chi connectivity index (χ3v) is 2.49. The van der Waals surface area contributed by atoms with Crippen LogP contribution in [0.25, 0.3) is 0 Å². The fourth-order valence-electron chi connectivity index (χ4n) is 1.64. The van der Waals surface area contributed by atoms with Crippen LogP contribution in [0.5, 0.6) is 0 Å². The Morgan fingerprint density at radius 3 is 2.50 bits per heavy atom. The van der Waals surface area contributed by atoms with Crippen molar-refractivity contribution in [1.82, 2.24) is 9.80 Å². The Hall–Kier alpha value is -1.10. The Morgan fingerprint density at radius 2 is 2.07 bits per heavy atom. The lowest BCUT2D eigenvalue weighted by atomic mass is 10.3. The second-order valence-corrected chi connectivity index (χ2v) is 3.38. The molecule has 0 radical (unpaired) electrons. The average Bonchev–Trinajstić information content (AvgIpc) is 2.37. The smallest absolute Gasteiger partial charge is 0.327 e. The van der Waals surface area contributed by atoms with E-state index in [1.54, 1.807) is 11.8 Å². The molecule has 1 saturated heterocycles. The molecule has 0 spiro atoms. The van der Waals surface area contributed by atoms with Gasteiger partial charge in [-0.05, 0) is 26.8 Å².